The average molecular weight is 408 g/mol. The van der Waals surface area contributed by atoms with Gasteiger partial charge in [-0.05, 0) is 67.0 Å². The zero-order chi connectivity index (χ0) is 19.1. The summed E-state index contributed by atoms with van der Waals surface area (Å²) < 4.78 is 18.4. The molecule has 144 valence electrons. The van der Waals surface area contributed by atoms with Gasteiger partial charge in [0.05, 0.1) is 5.41 Å². The predicted octanol–water partition coefficient (Wildman–Crippen LogP) is 4.83. The quantitative estimate of drug-likeness (QED) is 0.528. The second-order valence-corrected chi connectivity index (χ2v) is 8.22. The monoisotopic (exact) mass is 407 g/mol. The molecule has 1 fully saturated rings. The average Bonchev–Trinajstić information content (AvgIpc) is 2.69. The Morgan fingerprint density at radius 2 is 1.93 bits per heavy atom. The molecule has 2 aromatic carbocycles. The highest BCUT2D eigenvalue weighted by molar-refractivity contribution is 7.99. The van der Waals surface area contributed by atoms with Gasteiger partial charge in [-0.15, -0.1) is 11.8 Å². The number of hydrogen-bond donors (Lipinski definition) is 1. The first-order valence-corrected chi connectivity index (χ1v) is 10.5. The Morgan fingerprint density at radius 3 is 2.63 bits per heavy atom. The van der Waals surface area contributed by atoms with E-state index < -0.39 is 5.41 Å². The highest BCUT2D eigenvalue weighted by atomic mass is 35.5. The van der Waals surface area contributed by atoms with E-state index in [-0.39, 0.29) is 11.7 Å². The molecule has 3 nitrogen and oxygen atoms in total. The molecule has 1 aliphatic heterocycles. The lowest BCUT2D eigenvalue weighted by Gasteiger charge is -2.36. The molecule has 1 N–H and O–H groups in total. The Balaban J connectivity index is 1.54. The van der Waals surface area contributed by atoms with Crippen LogP contribution in [0.5, 0.6) is 0 Å². The van der Waals surface area contributed by atoms with Gasteiger partial charge < -0.3 is 10.1 Å². The van der Waals surface area contributed by atoms with Gasteiger partial charge in [0.25, 0.3) is 0 Å². The van der Waals surface area contributed by atoms with Gasteiger partial charge in [0, 0.05) is 29.7 Å². The van der Waals surface area contributed by atoms with Crippen molar-refractivity contribution in [2.75, 3.05) is 25.5 Å². The number of halogens is 2. The van der Waals surface area contributed by atoms with Crippen molar-refractivity contribution in [2.45, 2.75) is 29.6 Å². The Morgan fingerprint density at radius 1 is 1.19 bits per heavy atom. The second kappa shape index (κ2) is 9.58. The standard InChI is InChI=1S/C21H23ClFNO2S/c22-17-4-1-3-16(15-17)21(9-12-26-13-10-21)20(25)24-11-2-14-27-19-7-5-18(23)6-8-19/h1,3-8,15H,2,9-14H2,(H,24,25). The van der Waals surface area contributed by atoms with E-state index >= 15 is 0 Å². The first kappa shape index (κ1) is 20.2. The van der Waals surface area contributed by atoms with Gasteiger partial charge in [-0.2, -0.15) is 0 Å². The van der Waals surface area contributed by atoms with Crippen molar-refractivity contribution in [3.63, 3.8) is 0 Å². The third kappa shape index (κ3) is 5.24. The molecule has 1 heterocycles. The van der Waals surface area contributed by atoms with Crippen molar-refractivity contribution in [2.24, 2.45) is 0 Å². The van der Waals surface area contributed by atoms with Crippen LogP contribution in [0.25, 0.3) is 0 Å². The number of amides is 1. The predicted molar refractivity (Wildman–Crippen MR) is 108 cm³/mol. The lowest BCUT2D eigenvalue weighted by atomic mass is 9.73. The fraction of sp³-hybridized carbons (Fsp3) is 0.381. The molecular formula is C21H23ClFNO2S. The molecule has 27 heavy (non-hydrogen) atoms. The van der Waals surface area contributed by atoms with Crippen LogP contribution in [0.4, 0.5) is 4.39 Å². The summed E-state index contributed by atoms with van der Waals surface area (Å²) in [7, 11) is 0. The number of carbonyl (C=O) groups is 1. The third-order valence-electron chi connectivity index (χ3n) is 4.85. The van der Waals surface area contributed by atoms with Crippen molar-refractivity contribution < 1.29 is 13.9 Å². The number of hydrogen-bond acceptors (Lipinski definition) is 3. The maximum atomic E-state index is 13.0. The van der Waals surface area contributed by atoms with E-state index in [9.17, 15) is 9.18 Å². The van der Waals surface area contributed by atoms with E-state index in [4.69, 9.17) is 16.3 Å². The van der Waals surface area contributed by atoms with Crippen molar-refractivity contribution in [1.29, 1.82) is 0 Å². The van der Waals surface area contributed by atoms with E-state index in [1.54, 1.807) is 23.9 Å². The van der Waals surface area contributed by atoms with E-state index in [2.05, 4.69) is 5.32 Å². The molecule has 0 atom stereocenters. The smallest absolute Gasteiger partial charge is 0.230 e. The van der Waals surface area contributed by atoms with Crippen LogP contribution in [0, 0.1) is 5.82 Å². The first-order valence-electron chi connectivity index (χ1n) is 9.11. The SMILES string of the molecule is O=C(NCCCSc1ccc(F)cc1)C1(c2cccc(Cl)c2)CCOCC1. The van der Waals surface area contributed by atoms with Crippen molar-refractivity contribution in [1.82, 2.24) is 5.32 Å². The van der Waals surface area contributed by atoms with Crippen LogP contribution < -0.4 is 5.32 Å². The minimum absolute atomic E-state index is 0.0415. The second-order valence-electron chi connectivity index (χ2n) is 6.62. The molecule has 0 aromatic heterocycles. The molecule has 0 unspecified atom stereocenters. The van der Waals surface area contributed by atoms with Gasteiger partial charge in [-0.3, -0.25) is 4.79 Å². The number of nitrogens with one attached hydrogen (secondary N) is 1. The van der Waals surface area contributed by atoms with Gasteiger partial charge in [-0.1, -0.05) is 23.7 Å². The molecule has 2 aromatic rings. The van der Waals surface area contributed by atoms with Crippen LogP contribution in [0.2, 0.25) is 5.02 Å². The van der Waals surface area contributed by atoms with Crippen LogP contribution >= 0.6 is 23.4 Å². The van der Waals surface area contributed by atoms with Gasteiger partial charge in [0.2, 0.25) is 5.91 Å². The summed E-state index contributed by atoms with van der Waals surface area (Å²) in [4.78, 5) is 14.1. The summed E-state index contributed by atoms with van der Waals surface area (Å²) in [5.74, 6) is 0.674. The molecule has 0 saturated carbocycles. The molecule has 0 radical (unpaired) electrons. The Kier molecular flexibility index (Phi) is 7.16. The summed E-state index contributed by atoms with van der Waals surface area (Å²) in [6.45, 7) is 1.75. The molecule has 0 spiro atoms. The Hall–Kier alpha value is -1.56. The minimum Gasteiger partial charge on any atom is -0.381 e. The maximum absolute atomic E-state index is 13.0. The number of carbonyl (C=O) groups excluding carboxylic acids is 1. The van der Waals surface area contributed by atoms with Crippen LogP contribution in [0.3, 0.4) is 0 Å². The molecule has 0 aliphatic carbocycles. The third-order valence-corrected chi connectivity index (χ3v) is 6.18. The van der Waals surface area contributed by atoms with E-state index in [1.165, 1.54) is 12.1 Å². The number of rotatable bonds is 7. The number of benzene rings is 2. The summed E-state index contributed by atoms with van der Waals surface area (Å²) in [5, 5.41) is 3.74. The Labute approximate surface area is 168 Å². The summed E-state index contributed by atoms with van der Waals surface area (Å²) in [5.41, 5.74) is 0.379. The molecular weight excluding hydrogens is 385 g/mol. The zero-order valence-electron chi connectivity index (χ0n) is 15.0. The maximum Gasteiger partial charge on any atom is 0.230 e. The molecule has 0 bridgehead atoms. The fourth-order valence-corrected chi connectivity index (χ4v) is 4.36. The highest BCUT2D eigenvalue weighted by Gasteiger charge is 2.41. The number of ether oxygens (including phenoxy) is 1. The van der Waals surface area contributed by atoms with Crippen molar-refractivity contribution in [3.8, 4) is 0 Å². The van der Waals surface area contributed by atoms with Crippen LogP contribution in [-0.2, 0) is 14.9 Å². The van der Waals surface area contributed by atoms with E-state index in [1.807, 2.05) is 24.3 Å². The van der Waals surface area contributed by atoms with Crippen molar-refractivity contribution in [3.05, 3.63) is 64.9 Å². The largest absolute Gasteiger partial charge is 0.381 e. The summed E-state index contributed by atoms with van der Waals surface area (Å²) in [6.07, 6.45) is 2.16. The minimum atomic E-state index is -0.576. The topological polar surface area (TPSA) is 38.3 Å². The van der Waals surface area contributed by atoms with Crippen molar-refractivity contribution >= 4 is 29.3 Å². The van der Waals surface area contributed by atoms with E-state index in [0.717, 1.165) is 22.6 Å². The lowest BCUT2D eigenvalue weighted by Crippen LogP contribution is -2.48. The fourth-order valence-electron chi connectivity index (χ4n) is 3.32. The van der Waals surface area contributed by atoms with E-state index in [0.29, 0.717) is 37.6 Å². The zero-order valence-corrected chi connectivity index (χ0v) is 16.6. The van der Waals surface area contributed by atoms with Gasteiger partial charge in [0.1, 0.15) is 5.82 Å². The highest BCUT2D eigenvalue weighted by Crippen LogP contribution is 2.36. The molecule has 1 amide bonds. The van der Waals surface area contributed by atoms with Gasteiger partial charge >= 0.3 is 0 Å². The molecule has 6 heteroatoms. The molecule has 1 saturated heterocycles. The summed E-state index contributed by atoms with van der Waals surface area (Å²) >= 11 is 7.81. The van der Waals surface area contributed by atoms with Crippen LogP contribution in [-0.4, -0.2) is 31.4 Å². The van der Waals surface area contributed by atoms with Crippen LogP contribution in [0.1, 0.15) is 24.8 Å². The Bertz CT molecular complexity index is 763. The van der Waals surface area contributed by atoms with Gasteiger partial charge in [-0.25, -0.2) is 4.39 Å². The molecule has 3 rings (SSSR count). The normalized spacial score (nSPS) is 16.1. The summed E-state index contributed by atoms with van der Waals surface area (Å²) in [6, 6.07) is 14.0. The lowest BCUT2D eigenvalue weighted by molar-refractivity contribution is -0.130. The van der Waals surface area contributed by atoms with Gasteiger partial charge in [0.15, 0.2) is 0 Å². The first-order chi connectivity index (χ1) is 13.1. The molecule has 1 aliphatic rings. The number of thioether (sulfide) groups is 1. The van der Waals surface area contributed by atoms with Crippen LogP contribution in [0.15, 0.2) is 53.4 Å².